The molecule has 168 valence electrons. The Kier molecular flexibility index (Phi) is 7.17. The fourth-order valence-corrected chi connectivity index (χ4v) is 4.28. The highest BCUT2D eigenvalue weighted by atomic mass is 19.4. The minimum Gasteiger partial charge on any atom is -0.475 e. The standard InChI is InChI=1S/C20H24N2O2.C2HF3O2/c1-21-20(23)16-11-19-18(9-10-24-19)22(13-16)12-15-7-4-6-14-5-2-3-8-17(14)15;3-2(4,5)1(6)7/h2-8,16,18-19H,9-13H2,1H3,(H,21,23);(H,6,7)/t16-,18+,19+;/m0./s1. The van der Waals surface area contributed by atoms with Crippen LogP contribution in [0.3, 0.4) is 0 Å². The molecule has 2 N–H and O–H groups in total. The maximum absolute atomic E-state index is 12.2. The molecule has 2 aliphatic heterocycles. The molecule has 9 heteroatoms. The number of carbonyl (C=O) groups excluding carboxylic acids is 1. The summed E-state index contributed by atoms with van der Waals surface area (Å²) in [6.45, 7) is 2.49. The lowest BCUT2D eigenvalue weighted by molar-refractivity contribution is -0.192. The number of nitrogens with zero attached hydrogens (tertiary/aromatic N) is 1. The molecule has 2 fully saturated rings. The van der Waals surface area contributed by atoms with Gasteiger partial charge in [0.15, 0.2) is 0 Å². The molecule has 2 aromatic rings. The number of hydrogen-bond donors (Lipinski definition) is 2. The number of fused-ring (bicyclic) bond motifs is 2. The highest BCUT2D eigenvalue weighted by Crippen LogP contribution is 2.33. The molecule has 3 atom stereocenters. The van der Waals surface area contributed by atoms with E-state index in [0.717, 1.165) is 32.5 Å². The number of carboxylic acid groups (broad SMARTS) is 1. The Bertz CT molecular complexity index is 929. The Morgan fingerprint density at radius 1 is 1.19 bits per heavy atom. The first-order valence-electron chi connectivity index (χ1n) is 10.0. The summed E-state index contributed by atoms with van der Waals surface area (Å²) >= 11 is 0. The van der Waals surface area contributed by atoms with E-state index in [1.807, 2.05) is 0 Å². The normalized spacial score (nSPS) is 23.5. The summed E-state index contributed by atoms with van der Waals surface area (Å²) < 4.78 is 37.7. The van der Waals surface area contributed by atoms with E-state index < -0.39 is 12.1 Å². The number of carbonyl (C=O) groups is 2. The number of halogens is 3. The first-order chi connectivity index (χ1) is 14.7. The lowest BCUT2D eigenvalue weighted by Crippen LogP contribution is -2.52. The third-order valence-corrected chi connectivity index (χ3v) is 5.73. The minimum atomic E-state index is -5.08. The van der Waals surface area contributed by atoms with E-state index in [0.29, 0.717) is 6.04 Å². The molecule has 0 bridgehead atoms. The van der Waals surface area contributed by atoms with Crippen molar-refractivity contribution in [1.82, 2.24) is 10.2 Å². The van der Waals surface area contributed by atoms with Crippen LogP contribution < -0.4 is 5.32 Å². The number of piperidine rings is 1. The molecule has 6 nitrogen and oxygen atoms in total. The van der Waals surface area contributed by atoms with E-state index >= 15 is 0 Å². The first kappa shape index (κ1) is 23.0. The van der Waals surface area contributed by atoms with Crippen LogP contribution in [0.15, 0.2) is 42.5 Å². The molecule has 4 rings (SSSR count). The molecule has 0 saturated carbocycles. The Balaban J connectivity index is 0.000000339. The van der Waals surface area contributed by atoms with Gasteiger partial charge in [-0.2, -0.15) is 13.2 Å². The van der Waals surface area contributed by atoms with Crippen molar-refractivity contribution in [2.45, 2.75) is 37.7 Å². The smallest absolute Gasteiger partial charge is 0.475 e. The second-order valence-electron chi connectivity index (χ2n) is 7.68. The zero-order valence-corrected chi connectivity index (χ0v) is 17.1. The second-order valence-corrected chi connectivity index (χ2v) is 7.68. The van der Waals surface area contributed by atoms with Gasteiger partial charge in [-0.3, -0.25) is 9.69 Å². The molecular weight excluding hydrogens is 413 g/mol. The largest absolute Gasteiger partial charge is 0.490 e. The molecule has 0 unspecified atom stereocenters. The van der Waals surface area contributed by atoms with E-state index in [4.69, 9.17) is 14.6 Å². The molecule has 2 aliphatic rings. The molecule has 1 amide bonds. The number of alkyl halides is 3. The number of aliphatic carboxylic acids is 1. The highest BCUT2D eigenvalue weighted by Gasteiger charge is 2.42. The van der Waals surface area contributed by atoms with Gasteiger partial charge in [0.2, 0.25) is 5.91 Å². The topological polar surface area (TPSA) is 78.9 Å². The quantitative estimate of drug-likeness (QED) is 0.770. The van der Waals surface area contributed by atoms with Crippen LogP contribution in [0.25, 0.3) is 10.8 Å². The van der Waals surface area contributed by atoms with Crippen molar-refractivity contribution < 1.29 is 32.6 Å². The second kappa shape index (κ2) is 9.65. The van der Waals surface area contributed by atoms with E-state index in [1.165, 1.54) is 16.3 Å². The lowest BCUT2D eigenvalue weighted by Gasteiger charge is -2.40. The number of nitrogens with one attached hydrogen (secondary N) is 1. The maximum atomic E-state index is 12.2. The number of amides is 1. The van der Waals surface area contributed by atoms with Crippen molar-refractivity contribution in [2.24, 2.45) is 5.92 Å². The lowest BCUT2D eigenvalue weighted by atomic mass is 9.88. The number of likely N-dealkylation sites (tertiary alicyclic amines) is 1. The zero-order valence-electron chi connectivity index (χ0n) is 17.1. The molecular formula is C22H25F3N2O4. The third kappa shape index (κ3) is 5.54. The highest BCUT2D eigenvalue weighted by molar-refractivity contribution is 5.85. The van der Waals surface area contributed by atoms with Crippen molar-refractivity contribution in [3.8, 4) is 0 Å². The van der Waals surface area contributed by atoms with Crippen LogP contribution in [0.2, 0.25) is 0 Å². The average Bonchev–Trinajstić information content (AvgIpc) is 3.22. The van der Waals surface area contributed by atoms with Crippen LogP contribution in [0.1, 0.15) is 18.4 Å². The van der Waals surface area contributed by atoms with Crippen LogP contribution in [0.5, 0.6) is 0 Å². The van der Waals surface area contributed by atoms with E-state index in [9.17, 15) is 18.0 Å². The number of carboxylic acids is 1. The van der Waals surface area contributed by atoms with Crippen molar-refractivity contribution >= 4 is 22.6 Å². The maximum Gasteiger partial charge on any atom is 0.490 e. The van der Waals surface area contributed by atoms with Crippen LogP contribution in [-0.2, 0) is 20.9 Å². The predicted molar refractivity (Wildman–Crippen MR) is 108 cm³/mol. The number of hydrogen-bond acceptors (Lipinski definition) is 4. The summed E-state index contributed by atoms with van der Waals surface area (Å²) in [7, 11) is 1.72. The van der Waals surface area contributed by atoms with E-state index in [1.54, 1.807) is 7.05 Å². The van der Waals surface area contributed by atoms with Gasteiger partial charge in [-0.15, -0.1) is 0 Å². The minimum absolute atomic E-state index is 0.0179. The van der Waals surface area contributed by atoms with Gasteiger partial charge in [-0.1, -0.05) is 42.5 Å². The molecule has 2 heterocycles. The monoisotopic (exact) mass is 438 g/mol. The summed E-state index contributed by atoms with van der Waals surface area (Å²) in [5.74, 6) is -2.61. The third-order valence-electron chi connectivity index (χ3n) is 5.73. The molecule has 2 saturated heterocycles. The molecule has 2 aromatic carbocycles. The molecule has 0 aliphatic carbocycles. The van der Waals surface area contributed by atoms with Gasteiger partial charge < -0.3 is 15.2 Å². The SMILES string of the molecule is CNC(=O)[C@H]1C[C@H]2OCC[C@H]2N(Cc2cccc3ccccc23)C1.O=C(O)C(F)(F)F. The van der Waals surface area contributed by atoms with Gasteiger partial charge >= 0.3 is 12.1 Å². The Labute approximate surface area is 178 Å². The van der Waals surface area contributed by atoms with Gasteiger partial charge in [0.1, 0.15) is 0 Å². The van der Waals surface area contributed by atoms with Crippen LogP contribution in [0, 0.1) is 5.92 Å². The van der Waals surface area contributed by atoms with Gasteiger partial charge in [-0.25, -0.2) is 4.79 Å². The molecule has 0 radical (unpaired) electrons. The molecule has 0 spiro atoms. The van der Waals surface area contributed by atoms with Gasteiger partial charge in [-0.05, 0) is 29.2 Å². The zero-order chi connectivity index (χ0) is 22.6. The summed E-state index contributed by atoms with van der Waals surface area (Å²) in [4.78, 5) is 23.5. The van der Waals surface area contributed by atoms with Crippen LogP contribution in [-0.4, -0.2) is 60.4 Å². The van der Waals surface area contributed by atoms with Gasteiger partial charge in [0.05, 0.1) is 12.0 Å². The average molecular weight is 438 g/mol. The summed E-state index contributed by atoms with van der Waals surface area (Å²) in [6.07, 6.45) is -2.98. The van der Waals surface area contributed by atoms with Crippen molar-refractivity contribution in [1.29, 1.82) is 0 Å². The van der Waals surface area contributed by atoms with Crippen LogP contribution in [0.4, 0.5) is 13.2 Å². The summed E-state index contributed by atoms with van der Waals surface area (Å²) in [5, 5.41) is 12.5. The van der Waals surface area contributed by atoms with E-state index in [2.05, 4.69) is 52.7 Å². The Hall–Kier alpha value is -2.65. The first-order valence-corrected chi connectivity index (χ1v) is 10.0. The Morgan fingerprint density at radius 3 is 2.55 bits per heavy atom. The fraction of sp³-hybridized carbons (Fsp3) is 0.455. The van der Waals surface area contributed by atoms with Gasteiger partial charge in [0, 0.05) is 32.8 Å². The Morgan fingerprint density at radius 2 is 1.87 bits per heavy atom. The molecule has 0 aromatic heterocycles. The van der Waals surface area contributed by atoms with Gasteiger partial charge in [0.25, 0.3) is 0 Å². The number of benzene rings is 2. The fourth-order valence-electron chi connectivity index (χ4n) is 4.28. The van der Waals surface area contributed by atoms with Crippen molar-refractivity contribution in [3.05, 3.63) is 48.0 Å². The molecule has 31 heavy (non-hydrogen) atoms. The summed E-state index contributed by atoms with van der Waals surface area (Å²) in [5.41, 5.74) is 1.33. The summed E-state index contributed by atoms with van der Waals surface area (Å²) in [6, 6.07) is 15.4. The van der Waals surface area contributed by atoms with Crippen LogP contribution >= 0.6 is 0 Å². The van der Waals surface area contributed by atoms with E-state index in [-0.39, 0.29) is 17.9 Å². The number of rotatable bonds is 3. The predicted octanol–water partition coefficient (Wildman–Crippen LogP) is 3.20. The van der Waals surface area contributed by atoms with Crippen molar-refractivity contribution in [3.63, 3.8) is 0 Å². The number of ether oxygens (including phenoxy) is 1. The van der Waals surface area contributed by atoms with Crippen molar-refractivity contribution in [2.75, 3.05) is 20.2 Å².